The largest absolute Gasteiger partial charge is 0.755 e. The summed E-state index contributed by atoms with van der Waals surface area (Å²) in [5.41, 5.74) is 0.579. The topological polar surface area (TPSA) is 52.2 Å². The average Bonchev–Trinajstić information content (AvgIpc) is 2.34. The van der Waals surface area contributed by atoms with Crippen LogP contribution in [0.1, 0.15) is 0 Å². The van der Waals surface area contributed by atoms with Crippen LogP contribution in [0.15, 0.2) is 54.6 Å². The zero-order valence-corrected chi connectivity index (χ0v) is 11.5. The first-order chi connectivity index (χ1) is 8.58. The molecule has 96 valence electrons. The number of para-hydroxylation sites is 1. The summed E-state index contributed by atoms with van der Waals surface area (Å²) in [5, 5.41) is 1.43. The van der Waals surface area contributed by atoms with Crippen LogP contribution in [0.4, 0.5) is 5.69 Å². The van der Waals surface area contributed by atoms with E-state index in [0.717, 1.165) is 10.0 Å². The van der Waals surface area contributed by atoms with Crippen LogP contribution in [-0.4, -0.2) is 8.76 Å². The van der Waals surface area contributed by atoms with Gasteiger partial charge in [0.05, 0.1) is 0 Å². The maximum atomic E-state index is 10.1. The molecule has 0 bridgehead atoms. The molecule has 0 aromatic heterocycles. The number of halogens is 2. The predicted octanol–water partition coefficient (Wildman–Crippen LogP) is 3.89. The van der Waals surface area contributed by atoms with Gasteiger partial charge in [0.1, 0.15) is 0 Å². The third-order valence-corrected chi connectivity index (χ3v) is 2.68. The van der Waals surface area contributed by atoms with Crippen molar-refractivity contribution in [2.75, 3.05) is 4.72 Å². The van der Waals surface area contributed by atoms with Gasteiger partial charge in [-0.1, -0.05) is 41.4 Å². The molecule has 0 radical (unpaired) electrons. The minimum Gasteiger partial charge on any atom is -0.755 e. The monoisotopic (exact) mass is 302 g/mol. The molecule has 1 N–H and O–H groups in total. The smallest absolute Gasteiger partial charge is 0.0452 e. The Morgan fingerprint density at radius 1 is 0.889 bits per heavy atom. The summed E-state index contributed by atoms with van der Waals surface area (Å²) >= 11 is 8.89. The Balaban J connectivity index is 0.000000184. The average molecular weight is 303 g/mol. The minimum absolute atomic E-state index is 0.579. The van der Waals surface area contributed by atoms with E-state index in [4.69, 9.17) is 23.2 Å². The Kier molecular flexibility index (Phi) is 6.75. The van der Waals surface area contributed by atoms with Crippen molar-refractivity contribution in [1.29, 1.82) is 0 Å². The predicted molar refractivity (Wildman–Crippen MR) is 75.4 cm³/mol. The van der Waals surface area contributed by atoms with Crippen LogP contribution < -0.4 is 4.72 Å². The minimum atomic E-state index is -2.22. The van der Waals surface area contributed by atoms with Crippen molar-refractivity contribution < 1.29 is 8.76 Å². The maximum Gasteiger partial charge on any atom is 0.0452 e. The van der Waals surface area contributed by atoms with E-state index < -0.39 is 11.3 Å². The summed E-state index contributed by atoms with van der Waals surface area (Å²) in [6, 6.07) is 15.7. The standard InChI is InChI=1S/C6H4Cl2.C6H7NO2S/c7-5-1-2-6(8)4-3-5;8-10(9)7-6-4-2-1-3-5-6/h1-4H;1-5,7H,(H,8,9)/p-1. The van der Waals surface area contributed by atoms with Crippen molar-refractivity contribution in [2.24, 2.45) is 0 Å². The third-order valence-electron chi connectivity index (χ3n) is 1.78. The van der Waals surface area contributed by atoms with Crippen LogP contribution in [-0.2, 0) is 11.3 Å². The van der Waals surface area contributed by atoms with Gasteiger partial charge < -0.3 is 9.27 Å². The lowest BCUT2D eigenvalue weighted by molar-refractivity contribution is 0.542. The summed E-state index contributed by atoms with van der Waals surface area (Å²) in [6.07, 6.45) is 0. The van der Waals surface area contributed by atoms with E-state index in [1.165, 1.54) is 0 Å². The molecule has 0 fully saturated rings. The second kappa shape index (κ2) is 8.11. The highest BCUT2D eigenvalue weighted by atomic mass is 35.5. The second-order valence-electron chi connectivity index (χ2n) is 3.14. The van der Waals surface area contributed by atoms with Gasteiger partial charge in [-0.25, -0.2) is 0 Å². The molecule has 3 nitrogen and oxygen atoms in total. The van der Waals surface area contributed by atoms with Gasteiger partial charge in [0.2, 0.25) is 0 Å². The van der Waals surface area contributed by atoms with E-state index >= 15 is 0 Å². The quantitative estimate of drug-likeness (QED) is 0.856. The number of hydrogen-bond donors (Lipinski definition) is 1. The van der Waals surface area contributed by atoms with Crippen molar-refractivity contribution in [3.8, 4) is 0 Å². The van der Waals surface area contributed by atoms with Gasteiger partial charge in [0.25, 0.3) is 0 Å². The Morgan fingerprint density at radius 2 is 1.33 bits per heavy atom. The number of hydrogen-bond acceptors (Lipinski definition) is 2. The van der Waals surface area contributed by atoms with Gasteiger partial charge >= 0.3 is 0 Å². The molecule has 2 rings (SSSR count). The lowest BCUT2D eigenvalue weighted by Crippen LogP contribution is -2.01. The summed E-state index contributed by atoms with van der Waals surface area (Å²) in [5.74, 6) is 0. The number of rotatable bonds is 2. The second-order valence-corrected chi connectivity index (χ2v) is 4.69. The van der Waals surface area contributed by atoms with Gasteiger partial charge in [-0.15, -0.1) is 0 Å². The maximum absolute atomic E-state index is 10.1. The van der Waals surface area contributed by atoms with Crippen molar-refractivity contribution in [1.82, 2.24) is 0 Å². The molecule has 0 amide bonds. The molecule has 0 aliphatic heterocycles. The highest BCUT2D eigenvalue weighted by molar-refractivity contribution is 7.80. The SMILES string of the molecule is Clc1ccc(Cl)cc1.O=S([O-])Nc1ccccc1. The molecule has 0 aliphatic rings. The van der Waals surface area contributed by atoms with Gasteiger partial charge in [0.15, 0.2) is 0 Å². The molecule has 0 spiro atoms. The first kappa shape index (κ1) is 15.0. The lowest BCUT2D eigenvalue weighted by atomic mass is 10.3. The summed E-state index contributed by atoms with van der Waals surface area (Å²) in [6.45, 7) is 0. The molecule has 2 aromatic carbocycles. The number of anilines is 1. The Morgan fingerprint density at radius 3 is 1.72 bits per heavy atom. The van der Waals surface area contributed by atoms with Crippen molar-refractivity contribution in [3.05, 3.63) is 64.6 Å². The van der Waals surface area contributed by atoms with Crippen LogP contribution in [0.25, 0.3) is 0 Å². The highest BCUT2D eigenvalue weighted by Crippen LogP contribution is 2.12. The van der Waals surface area contributed by atoms with Gasteiger partial charge in [-0.3, -0.25) is 4.21 Å². The van der Waals surface area contributed by atoms with E-state index in [1.807, 2.05) is 6.07 Å². The van der Waals surface area contributed by atoms with E-state index in [-0.39, 0.29) is 0 Å². The molecule has 0 aliphatic carbocycles. The van der Waals surface area contributed by atoms with Crippen LogP contribution in [0.2, 0.25) is 10.0 Å². The molecule has 2 aromatic rings. The van der Waals surface area contributed by atoms with Gasteiger partial charge in [-0.05, 0) is 36.4 Å². The molecule has 0 heterocycles. The first-order valence-electron chi connectivity index (χ1n) is 4.90. The third kappa shape index (κ3) is 6.61. The van der Waals surface area contributed by atoms with Gasteiger partial charge in [-0.2, -0.15) is 0 Å². The fourth-order valence-electron chi connectivity index (χ4n) is 1.03. The van der Waals surface area contributed by atoms with Crippen LogP contribution in [0, 0.1) is 0 Å². The normalized spacial score (nSPS) is 11.1. The molecular formula is C12H10Cl2NO2S-. The molecular weight excluding hydrogens is 293 g/mol. The molecule has 0 saturated carbocycles. The molecule has 0 saturated heterocycles. The van der Waals surface area contributed by atoms with Crippen LogP contribution >= 0.6 is 23.2 Å². The van der Waals surface area contributed by atoms with E-state index in [2.05, 4.69) is 4.72 Å². The molecule has 1 atom stereocenters. The summed E-state index contributed by atoms with van der Waals surface area (Å²) < 4.78 is 22.3. The molecule has 1 unspecified atom stereocenters. The lowest BCUT2D eigenvalue weighted by Gasteiger charge is -2.06. The molecule has 18 heavy (non-hydrogen) atoms. The molecule has 6 heteroatoms. The fraction of sp³-hybridized carbons (Fsp3) is 0. The van der Waals surface area contributed by atoms with Crippen molar-refractivity contribution in [2.45, 2.75) is 0 Å². The van der Waals surface area contributed by atoms with E-state index in [9.17, 15) is 8.76 Å². The van der Waals surface area contributed by atoms with Crippen LogP contribution in [0.5, 0.6) is 0 Å². The zero-order chi connectivity index (χ0) is 13.4. The van der Waals surface area contributed by atoms with Crippen molar-refractivity contribution >= 4 is 40.2 Å². The fourth-order valence-corrected chi connectivity index (χ4v) is 1.61. The van der Waals surface area contributed by atoms with E-state index in [0.29, 0.717) is 5.69 Å². The highest BCUT2D eigenvalue weighted by Gasteiger charge is 1.85. The van der Waals surface area contributed by atoms with Crippen LogP contribution in [0.3, 0.4) is 0 Å². The Labute approximate surface area is 118 Å². The summed E-state index contributed by atoms with van der Waals surface area (Å²) in [4.78, 5) is 0. The zero-order valence-electron chi connectivity index (χ0n) is 9.18. The Bertz CT molecular complexity index is 470. The van der Waals surface area contributed by atoms with E-state index in [1.54, 1.807) is 48.5 Å². The van der Waals surface area contributed by atoms with Gasteiger partial charge in [0, 0.05) is 27.0 Å². The summed E-state index contributed by atoms with van der Waals surface area (Å²) in [7, 11) is 0. The van der Waals surface area contributed by atoms with Crippen molar-refractivity contribution in [3.63, 3.8) is 0 Å². The Hall–Kier alpha value is -1.07. The number of benzene rings is 2. The first-order valence-corrected chi connectivity index (χ1v) is 6.73. The number of nitrogens with one attached hydrogen (secondary N) is 1.